The smallest absolute Gasteiger partial charge is 0.339 e. The Morgan fingerprint density at radius 3 is 2.75 bits per heavy atom. The molecule has 3 rings (SSSR count). The van der Waals surface area contributed by atoms with Gasteiger partial charge in [-0.2, -0.15) is 0 Å². The van der Waals surface area contributed by atoms with E-state index in [9.17, 15) is 9.59 Å². The summed E-state index contributed by atoms with van der Waals surface area (Å²) in [6.45, 7) is 5.56. The lowest BCUT2D eigenvalue weighted by molar-refractivity contribution is 0.193. The first kappa shape index (κ1) is 19.8. The molecule has 1 saturated heterocycles. The summed E-state index contributed by atoms with van der Waals surface area (Å²) >= 11 is 0. The number of ether oxygens (including phenoxy) is 2. The third-order valence-corrected chi connectivity index (χ3v) is 4.47. The molecule has 0 aliphatic carbocycles. The van der Waals surface area contributed by atoms with Gasteiger partial charge in [0.1, 0.15) is 23.4 Å². The fourth-order valence-electron chi connectivity index (χ4n) is 3.02. The molecule has 1 fully saturated rings. The summed E-state index contributed by atoms with van der Waals surface area (Å²) in [5.41, 5.74) is 0.276. The number of hydrogen-bond acceptors (Lipinski definition) is 5. The van der Waals surface area contributed by atoms with Gasteiger partial charge in [0.05, 0.1) is 19.2 Å². The number of hydrogen-bond donors (Lipinski definition) is 1. The molecule has 1 unspecified atom stereocenters. The Balaban J connectivity index is 1.49. The Morgan fingerprint density at radius 1 is 1.25 bits per heavy atom. The van der Waals surface area contributed by atoms with Crippen molar-refractivity contribution in [2.45, 2.75) is 39.2 Å². The third kappa shape index (κ3) is 5.52. The van der Waals surface area contributed by atoms with Crippen LogP contribution in [0.25, 0.3) is 0 Å². The summed E-state index contributed by atoms with van der Waals surface area (Å²) in [6.07, 6.45) is 2.66. The molecule has 2 heterocycles. The standard InChI is InChI=1S/C21H26N2O5/c1-3-4-11-26-17-7-5-16(6-8-17)22-21(25)23-10-9-18(14-23)28-19-12-15(2)27-20(24)13-19/h5-8,12-13,18H,3-4,9-11,14H2,1-2H3,(H,22,25). The highest BCUT2D eigenvalue weighted by atomic mass is 16.5. The highest BCUT2D eigenvalue weighted by Crippen LogP contribution is 2.20. The maximum absolute atomic E-state index is 12.5. The first-order chi connectivity index (χ1) is 13.5. The van der Waals surface area contributed by atoms with Gasteiger partial charge >= 0.3 is 11.7 Å². The SMILES string of the molecule is CCCCOc1ccc(NC(=O)N2CCC(Oc3cc(C)oc(=O)c3)C2)cc1. The summed E-state index contributed by atoms with van der Waals surface area (Å²) in [6, 6.07) is 10.2. The van der Waals surface area contributed by atoms with E-state index in [0.717, 1.165) is 18.6 Å². The van der Waals surface area contributed by atoms with Crippen molar-refractivity contribution in [1.82, 2.24) is 4.90 Å². The number of carbonyl (C=O) groups excluding carboxylic acids is 1. The highest BCUT2D eigenvalue weighted by Gasteiger charge is 2.28. The molecule has 150 valence electrons. The van der Waals surface area contributed by atoms with Crippen molar-refractivity contribution in [3.05, 3.63) is 52.6 Å². The summed E-state index contributed by atoms with van der Waals surface area (Å²) in [4.78, 5) is 25.6. The Morgan fingerprint density at radius 2 is 2.04 bits per heavy atom. The molecule has 0 spiro atoms. The molecule has 7 heteroatoms. The minimum absolute atomic E-state index is 0.152. The van der Waals surface area contributed by atoms with Crippen LogP contribution in [0.15, 0.2) is 45.6 Å². The van der Waals surface area contributed by atoms with E-state index in [1.807, 2.05) is 24.3 Å². The van der Waals surface area contributed by atoms with Gasteiger partial charge in [-0.1, -0.05) is 13.3 Å². The minimum atomic E-state index is -0.440. The van der Waals surface area contributed by atoms with E-state index >= 15 is 0 Å². The number of rotatable bonds is 7. The van der Waals surface area contributed by atoms with Crippen LogP contribution < -0.4 is 20.4 Å². The van der Waals surface area contributed by atoms with Crippen molar-refractivity contribution in [3.63, 3.8) is 0 Å². The molecular formula is C21H26N2O5. The van der Waals surface area contributed by atoms with Crippen LogP contribution in [-0.4, -0.2) is 36.7 Å². The van der Waals surface area contributed by atoms with Crippen LogP contribution in [-0.2, 0) is 0 Å². The number of carbonyl (C=O) groups is 1. The zero-order valence-corrected chi connectivity index (χ0v) is 16.3. The number of amides is 2. The number of unbranched alkanes of at least 4 members (excludes halogenated alkanes) is 1. The molecular weight excluding hydrogens is 360 g/mol. The van der Waals surface area contributed by atoms with Gasteiger partial charge in [-0.05, 0) is 37.6 Å². The molecule has 1 aliphatic rings. The topological polar surface area (TPSA) is 81.0 Å². The van der Waals surface area contributed by atoms with Gasteiger partial charge in [-0.15, -0.1) is 0 Å². The van der Waals surface area contributed by atoms with E-state index in [0.29, 0.717) is 43.3 Å². The second-order valence-corrected chi connectivity index (χ2v) is 6.85. The average molecular weight is 386 g/mol. The van der Waals surface area contributed by atoms with Crippen LogP contribution in [0, 0.1) is 6.92 Å². The van der Waals surface area contributed by atoms with Crippen LogP contribution in [0.2, 0.25) is 0 Å². The van der Waals surface area contributed by atoms with Crippen LogP contribution >= 0.6 is 0 Å². The number of nitrogens with one attached hydrogen (secondary N) is 1. The number of likely N-dealkylation sites (tertiary alicyclic amines) is 1. The highest BCUT2D eigenvalue weighted by molar-refractivity contribution is 5.89. The number of aryl methyl sites for hydroxylation is 1. The zero-order chi connectivity index (χ0) is 19.9. The van der Waals surface area contributed by atoms with Crippen molar-refractivity contribution in [1.29, 1.82) is 0 Å². The molecule has 0 saturated carbocycles. The first-order valence-corrected chi connectivity index (χ1v) is 9.60. The number of nitrogens with zero attached hydrogens (tertiary/aromatic N) is 1. The minimum Gasteiger partial charge on any atom is -0.494 e. The van der Waals surface area contributed by atoms with E-state index in [1.165, 1.54) is 6.07 Å². The first-order valence-electron chi connectivity index (χ1n) is 9.60. The Labute approximate surface area is 164 Å². The van der Waals surface area contributed by atoms with E-state index in [4.69, 9.17) is 13.9 Å². The Kier molecular flexibility index (Phi) is 6.57. The molecule has 2 aromatic rings. The maximum atomic E-state index is 12.5. The lowest BCUT2D eigenvalue weighted by Crippen LogP contribution is -2.34. The van der Waals surface area contributed by atoms with Crippen LogP contribution in [0.3, 0.4) is 0 Å². The average Bonchev–Trinajstić information content (AvgIpc) is 3.11. The van der Waals surface area contributed by atoms with Crippen LogP contribution in [0.1, 0.15) is 31.9 Å². The fourth-order valence-corrected chi connectivity index (χ4v) is 3.02. The predicted molar refractivity (Wildman–Crippen MR) is 106 cm³/mol. The van der Waals surface area contributed by atoms with Gasteiger partial charge < -0.3 is 24.1 Å². The van der Waals surface area contributed by atoms with Crippen molar-refractivity contribution in [3.8, 4) is 11.5 Å². The number of anilines is 1. The van der Waals surface area contributed by atoms with E-state index in [1.54, 1.807) is 17.9 Å². The molecule has 1 aliphatic heterocycles. The normalized spacial score (nSPS) is 16.1. The van der Waals surface area contributed by atoms with Gasteiger partial charge in [-0.3, -0.25) is 0 Å². The largest absolute Gasteiger partial charge is 0.494 e. The lowest BCUT2D eigenvalue weighted by Gasteiger charge is -2.18. The third-order valence-electron chi connectivity index (χ3n) is 4.47. The summed E-state index contributed by atoms with van der Waals surface area (Å²) < 4.78 is 16.4. The predicted octanol–water partition coefficient (Wildman–Crippen LogP) is 3.81. The number of benzene rings is 1. The van der Waals surface area contributed by atoms with Crippen molar-refractivity contribution >= 4 is 11.7 Å². The van der Waals surface area contributed by atoms with E-state index in [-0.39, 0.29) is 12.1 Å². The zero-order valence-electron chi connectivity index (χ0n) is 16.3. The summed E-state index contributed by atoms with van der Waals surface area (Å²) in [5.74, 6) is 1.76. The molecule has 1 aromatic heterocycles. The fraction of sp³-hybridized carbons (Fsp3) is 0.429. The Bertz CT molecular complexity index is 847. The van der Waals surface area contributed by atoms with E-state index in [2.05, 4.69) is 12.2 Å². The molecule has 1 N–H and O–H groups in total. The lowest BCUT2D eigenvalue weighted by atomic mass is 10.3. The molecule has 1 atom stereocenters. The molecule has 0 radical (unpaired) electrons. The number of urea groups is 1. The van der Waals surface area contributed by atoms with Gasteiger partial charge in [0.25, 0.3) is 0 Å². The molecule has 28 heavy (non-hydrogen) atoms. The monoisotopic (exact) mass is 386 g/mol. The molecule has 0 bridgehead atoms. The second-order valence-electron chi connectivity index (χ2n) is 6.85. The van der Waals surface area contributed by atoms with Crippen molar-refractivity contribution < 1.29 is 18.7 Å². The Hall–Kier alpha value is -2.96. The van der Waals surface area contributed by atoms with Gasteiger partial charge in [0, 0.05) is 24.7 Å². The van der Waals surface area contributed by atoms with Crippen LogP contribution in [0.4, 0.5) is 10.5 Å². The molecule has 7 nitrogen and oxygen atoms in total. The van der Waals surface area contributed by atoms with Crippen molar-refractivity contribution in [2.24, 2.45) is 0 Å². The van der Waals surface area contributed by atoms with E-state index < -0.39 is 5.63 Å². The maximum Gasteiger partial charge on any atom is 0.339 e. The summed E-state index contributed by atoms with van der Waals surface area (Å²) in [7, 11) is 0. The van der Waals surface area contributed by atoms with Crippen molar-refractivity contribution in [2.75, 3.05) is 25.0 Å². The van der Waals surface area contributed by atoms with Crippen LogP contribution in [0.5, 0.6) is 11.5 Å². The second kappa shape index (κ2) is 9.30. The van der Waals surface area contributed by atoms with Gasteiger partial charge in [-0.25, -0.2) is 9.59 Å². The van der Waals surface area contributed by atoms with Gasteiger partial charge in [0.2, 0.25) is 0 Å². The molecule has 2 amide bonds. The molecule has 1 aromatic carbocycles. The summed E-state index contributed by atoms with van der Waals surface area (Å²) in [5, 5.41) is 2.89. The quantitative estimate of drug-likeness (QED) is 0.732. The van der Waals surface area contributed by atoms with Gasteiger partial charge in [0.15, 0.2) is 0 Å².